The highest BCUT2D eigenvalue weighted by Crippen LogP contribution is 2.35. The number of hydrogen-bond acceptors (Lipinski definition) is 5. The SMILES string of the molecule is Cl.O=S(=O)(c1ccc2c(c1)CCO2)C(C1CCCNC1)N1CCc2ccccc2C1. The number of rotatable bonds is 4. The lowest BCUT2D eigenvalue weighted by molar-refractivity contribution is 0.162. The molecule has 0 saturated carbocycles. The van der Waals surface area contributed by atoms with Gasteiger partial charge < -0.3 is 10.1 Å². The molecular weight excluding hydrogens is 420 g/mol. The van der Waals surface area contributed by atoms with Crippen LogP contribution in [0.2, 0.25) is 0 Å². The molecule has 3 aliphatic heterocycles. The van der Waals surface area contributed by atoms with E-state index in [1.807, 2.05) is 12.1 Å². The average Bonchev–Trinajstić information content (AvgIpc) is 3.22. The first kappa shape index (κ1) is 21.6. The van der Waals surface area contributed by atoms with Gasteiger partial charge in [0.1, 0.15) is 11.1 Å². The van der Waals surface area contributed by atoms with E-state index in [-0.39, 0.29) is 18.3 Å². The number of sulfone groups is 1. The van der Waals surface area contributed by atoms with Crippen molar-refractivity contribution < 1.29 is 13.2 Å². The lowest BCUT2D eigenvalue weighted by atomic mass is 9.95. The molecule has 162 valence electrons. The predicted molar refractivity (Wildman–Crippen MR) is 120 cm³/mol. The predicted octanol–water partition coefficient (Wildman–Crippen LogP) is 3.20. The monoisotopic (exact) mass is 448 g/mol. The van der Waals surface area contributed by atoms with Crippen LogP contribution in [0.5, 0.6) is 5.75 Å². The third kappa shape index (κ3) is 3.98. The van der Waals surface area contributed by atoms with Gasteiger partial charge in [-0.3, -0.25) is 4.90 Å². The van der Waals surface area contributed by atoms with Crippen molar-refractivity contribution in [3.8, 4) is 5.75 Å². The fourth-order valence-electron chi connectivity index (χ4n) is 5.08. The summed E-state index contributed by atoms with van der Waals surface area (Å²) in [5, 5.41) is 2.93. The summed E-state index contributed by atoms with van der Waals surface area (Å²) in [5.41, 5.74) is 3.61. The van der Waals surface area contributed by atoms with Crippen molar-refractivity contribution in [1.29, 1.82) is 0 Å². The second-order valence-electron chi connectivity index (χ2n) is 8.40. The highest BCUT2D eigenvalue weighted by Gasteiger charge is 2.41. The van der Waals surface area contributed by atoms with Gasteiger partial charge in [-0.2, -0.15) is 0 Å². The molecule has 3 aliphatic rings. The number of fused-ring (bicyclic) bond motifs is 2. The Kier molecular flexibility index (Phi) is 6.39. The summed E-state index contributed by atoms with van der Waals surface area (Å²) >= 11 is 0. The van der Waals surface area contributed by atoms with Crippen LogP contribution in [0.3, 0.4) is 0 Å². The third-order valence-electron chi connectivity index (χ3n) is 6.57. The molecule has 3 heterocycles. The number of ether oxygens (including phenoxy) is 1. The average molecular weight is 449 g/mol. The van der Waals surface area contributed by atoms with Crippen LogP contribution in [0.15, 0.2) is 47.4 Å². The van der Waals surface area contributed by atoms with Gasteiger partial charge in [-0.15, -0.1) is 12.4 Å². The fourth-order valence-corrected chi connectivity index (χ4v) is 7.24. The van der Waals surface area contributed by atoms with E-state index in [1.54, 1.807) is 6.07 Å². The van der Waals surface area contributed by atoms with Crippen LogP contribution < -0.4 is 10.1 Å². The van der Waals surface area contributed by atoms with Gasteiger partial charge >= 0.3 is 0 Å². The number of nitrogens with zero attached hydrogens (tertiary/aromatic N) is 1. The Bertz CT molecular complexity index is 1010. The minimum Gasteiger partial charge on any atom is -0.493 e. The zero-order valence-electron chi connectivity index (χ0n) is 17.0. The number of halogens is 1. The van der Waals surface area contributed by atoms with Crippen molar-refractivity contribution >= 4 is 22.2 Å². The van der Waals surface area contributed by atoms with Crippen LogP contribution >= 0.6 is 12.4 Å². The maximum absolute atomic E-state index is 13.9. The van der Waals surface area contributed by atoms with Crippen molar-refractivity contribution in [1.82, 2.24) is 10.2 Å². The van der Waals surface area contributed by atoms with E-state index in [0.717, 1.165) is 56.6 Å². The quantitative estimate of drug-likeness (QED) is 0.778. The molecule has 2 aromatic carbocycles. The number of hydrogen-bond donors (Lipinski definition) is 1. The Morgan fingerprint density at radius 1 is 1.07 bits per heavy atom. The van der Waals surface area contributed by atoms with E-state index in [0.29, 0.717) is 18.0 Å². The van der Waals surface area contributed by atoms with Crippen LogP contribution in [0, 0.1) is 5.92 Å². The van der Waals surface area contributed by atoms with Gasteiger partial charge in [-0.1, -0.05) is 24.3 Å². The highest BCUT2D eigenvalue weighted by atomic mass is 35.5. The molecule has 0 radical (unpaired) electrons. The normalized spacial score (nSPS) is 22.3. The maximum atomic E-state index is 13.9. The van der Waals surface area contributed by atoms with Crippen LogP contribution in [0.1, 0.15) is 29.5 Å². The summed E-state index contributed by atoms with van der Waals surface area (Å²) in [6.45, 7) is 3.85. The summed E-state index contributed by atoms with van der Waals surface area (Å²) in [5.74, 6) is 0.926. The standard InChI is InChI=1S/C23H28N2O3S.ClH/c26-29(27,21-7-8-22-18(14-21)10-13-28-22)23(19-6-3-11-24-15-19)25-12-9-17-4-1-2-5-20(17)16-25;/h1-2,4-5,7-8,14,19,23-24H,3,6,9-13,15-16H2;1H. The minimum absolute atomic E-state index is 0. The van der Waals surface area contributed by atoms with Crippen LogP contribution in [0.25, 0.3) is 0 Å². The number of benzene rings is 2. The Morgan fingerprint density at radius 2 is 1.90 bits per heavy atom. The van der Waals surface area contributed by atoms with Crippen molar-refractivity contribution in [3.05, 3.63) is 59.2 Å². The van der Waals surface area contributed by atoms with E-state index in [9.17, 15) is 8.42 Å². The molecule has 1 fully saturated rings. The molecule has 0 amide bonds. The Morgan fingerprint density at radius 3 is 2.70 bits per heavy atom. The van der Waals surface area contributed by atoms with Crippen LogP contribution in [-0.2, 0) is 29.2 Å². The first-order valence-electron chi connectivity index (χ1n) is 10.6. The molecule has 0 aliphatic carbocycles. The van der Waals surface area contributed by atoms with Gasteiger partial charge in [0.05, 0.1) is 11.5 Å². The van der Waals surface area contributed by atoms with Gasteiger partial charge in [0, 0.05) is 32.0 Å². The first-order valence-corrected chi connectivity index (χ1v) is 12.2. The zero-order valence-corrected chi connectivity index (χ0v) is 18.7. The second kappa shape index (κ2) is 8.87. The summed E-state index contributed by atoms with van der Waals surface area (Å²) in [6, 6.07) is 13.8. The molecule has 2 unspecified atom stereocenters. The largest absolute Gasteiger partial charge is 0.493 e. The Labute approximate surface area is 185 Å². The summed E-state index contributed by atoms with van der Waals surface area (Å²) in [7, 11) is -3.49. The van der Waals surface area contributed by atoms with Crippen molar-refractivity contribution in [2.24, 2.45) is 5.92 Å². The van der Waals surface area contributed by atoms with E-state index in [4.69, 9.17) is 4.74 Å². The molecule has 1 N–H and O–H groups in total. The Balaban J connectivity index is 0.00000218. The molecule has 5 rings (SSSR count). The maximum Gasteiger partial charge on any atom is 0.194 e. The van der Waals surface area contributed by atoms with E-state index < -0.39 is 15.2 Å². The first-order chi connectivity index (χ1) is 14.1. The lowest BCUT2D eigenvalue weighted by Crippen LogP contribution is -2.52. The van der Waals surface area contributed by atoms with Crippen LogP contribution in [-0.4, -0.2) is 44.9 Å². The smallest absolute Gasteiger partial charge is 0.194 e. The lowest BCUT2D eigenvalue weighted by Gasteiger charge is -2.40. The minimum atomic E-state index is -3.49. The number of nitrogens with one attached hydrogen (secondary N) is 1. The molecular formula is C23H29ClN2O3S. The molecule has 0 aromatic heterocycles. The highest BCUT2D eigenvalue weighted by molar-refractivity contribution is 7.92. The van der Waals surface area contributed by atoms with Gasteiger partial charge in [0.25, 0.3) is 0 Å². The van der Waals surface area contributed by atoms with Crippen LogP contribution in [0.4, 0.5) is 0 Å². The molecule has 0 spiro atoms. The summed E-state index contributed by atoms with van der Waals surface area (Å²) in [4.78, 5) is 2.65. The van der Waals surface area contributed by atoms with Crippen molar-refractivity contribution in [3.63, 3.8) is 0 Å². The molecule has 2 atom stereocenters. The van der Waals surface area contributed by atoms with Gasteiger partial charge in [-0.05, 0) is 60.7 Å². The molecule has 30 heavy (non-hydrogen) atoms. The molecule has 7 heteroatoms. The second-order valence-corrected chi connectivity index (χ2v) is 10.4. The van der Waals surface area contributed by atoms with E-state index in [1.165, 1.54) is 11.1 Å². The van der Waals surface area contributed by atoms with Gasteiger partial charge in [0.15, 0.2) is 9.84 Å². The summed E-state index contributed by atoms with van der Waals surface area (Å²) < 4.78 is 33.4. The fraction of sp³-hybridized carbons (Fsp3) is 0.478. The molecule has 5 nitrogen and oxygen atoms in total. The van der Waals surface area contributed by atoms with Gasteiger partial charge in [-0.25, -0.2) is 8.42 Å². The number of piperidine rings is 1. The van der Waals surface area contributed by atoms with E-state index in [2.05, 4.69) is 34.5 Å². The van der Waals surface area contributed by atoms with Crippen molar-refractivity contribution in [2.45, 2.75) is 42.5 Å². The molecule has 0 bridgehead atoms. The van der Waals surface area contributed by atoms with Crippen molar-refractivity contribution in [2.75, 3.05) is 26.2 Å². The zero-order chi connectivity index (χ0) is 19.8. The molecule has 1 saturated heterocycles. The Hall–Kier alpha value is -1.60. The third-order valence-corrected chi connectivity index (χ3v) is 8.80. The van der Waals surface area contributed by atoms with E-state index >= 15 is 0 Å². The van der Waals surface area contributed by atoms with Gasteiger partial charge in [0.2, 0.25) is 0 Å². The topological polar surface area (TPSA) is 58.6 Å². The molecule has 2 aromatic rings. The summed E-state index contributed by atoms with van der Waals surface area (Å²) in [6.07, 6.45) is 3.66.